The van der Waals surface area contributed by atoms with Crippen LogP contribution in [0.25, 0.3) is 0 Å². The van der Waals surface area contributed by atoms with Crippen molar-refractivity contribution in [3.05, 3.63) is 23.8 Å². The number of rotatable bonds is 5. The van der Waals surface area contributed by atoms with Gasteiger partial charge in [-0.05, 0) is 31.4 Å². The number of hydrogen-bond acceptors (Lipinski definition) is 2. The molecule has 2 nitrogen and oxygen atoms in total. The molecule has 17 heavy (non-hydrogen) atoms. The van der Waals surface area contributed by atoms with Crippen LogP contribution >= 0.6 is 0 Å². The summed E-state index contributed by atoms with van der Waals surface area (Å²) in [6.07, 6.45) is -0.000648. The lowest BCUT2D eigenvalue weighted by molar-refractivity contribution is -0.0506. The summed E-state index contributed by atoms with van der Waals surface area (Å²) in [5, 5.41) is 0. The molecule has 0 heterocycles. The zero-order valence-corrected chi connectivity index (χ0v) is 10.5. The SMILES string of the molecule is CC(C)Oc1ccc(C(C)C)c(OC(F)F)c1. The van der Waals surface area contributed by atoms with E-state index in [0.717, 1.165) is 5.56 Å². The fourth-order valence-corrected chi connectivity index (χ4v) is 1.54. The summed E-state index contributed by atoms with van der Waals surface area (Å²) < 4.78 is 34.6. The summed E-state index contributed by atoms with van der Waals surface area (Å²) in [5.74, 6) is 0.852. The van der Waals surface area contributed by atoms with Gasteiger partial charge in [-0.15, -0.1) is 0 Å². The summed E-state index contributed by atoms with van der Waals surface area (Å²) in [4.78, 5) is 0. The highest BCUT2D eigenvalue weighted by Crippen LogP contribution is 2.31. The summed E-state index contributed by atoms with van der Waals surface area (Å²) in [6.45, 7) is 4.79. The third kappa shape index (κ3) is 4.21. The Kier molecular flexibility index (Phi) is 4.73. The molecule has 1 aromatic rings. The maximum atomic E-state index is 12.3. The topological polar surface area (TPSA) is 18.5 Å². The second kappa shape index (κ2) is 5.84. The number of benzene rings is 1. The molecule has 1 aromatic carbocycles. The molecule has 0 aliphatic carbocycles. The third-order valence-electron chi connectivity index (χ3n) is 2.19. The molecule has 0 N–H and O–H groups in total. The van der Waals surface area contributed by atoms with Crippen LogP contribution in [0, 0.1) is 0 Å². The Hall–Kier alpha value is -1.32. The van der Waals surface area contributed by atoms with Crippen LogP contribution in [-0.4, -0.2) is 12.7 Å². The van der Waals surface area contributed by atoms with Crippen LogP contribution in [0.15, 0.2) is 18.2 Å². The lowest BCUT2D eigenvalue weighted by Crippen LogP contribution is -2.08. The van der Waals surface area contributed by atoms with Crippen molar-refractivity contribution >= 4 is 0 Å². The van der Waals surface area contributed by atoms with E-state index in [9.17, 15) is 8.78 Å². The van der Waals surface area contributed by atoms with Crippen LogP contribution in [0.2, 0.25) is 0 Å². The summed E-state index contributed by atoms with van der Waals surface area (Å²) in [5.41, 5.74) is 0.751. The average Bonchev–Trinajstić information content (AvgIpc) is 2.15. The van der Waals surface area contributed by atoms with E-state index >= 15 is 0 Å². The quantitative estimate of drug-likeness (QED) is 0.772. The van der Waals surface area contributed by atoms with Crippen molar-refractivity contribution in [1.29, 1.82) is 0 Å². The van der Waals surface area contributed by atoms with Gasteiger partial charge in [0.15, 0.2) is 0 Å². The van der Waals surface area contributed by atoms with Gasteiger partial charge >= 0.3 is 6.61 Å². The van der Waals surface area contributed by atoms with Gasteiger partial charge in [0.2, 0.25) is 0 Å². The van der Waals surface area contributed by atoms with Crippen molar-refractivity contribution in [2.75, 3.05) is 0 Å². The molecule has 96 valence electrons. The van der Waals surface area contributed by atoms with E-state index in [0.29, 0.717) is 5.75 Å². The molecule has 0 bridgehead atoms. The predicted octanol–water partition coefficient (Wildman–Crippen LogP) is 4.20. The van der Waals surface area contributed by atoms with Gasteiger partial charge in [0.05, 0.1) is 6.10 Å². The molecule has 0 fully saturated rings. The van der Waals surface area contributed by atoms with E-state index in [1.54, 1.807) is 12.1 Å². The Morgan fingerprint density at radius 1 is 1.00 bits per heavy atom. The Morgan fingerprint density at radius 3 is 2.12 bits per heavy atom. The van der Waals surface area contributed by atoms with Crippen LogP contribution < -0.4 is 9.47 Å². The van der Waals surface area contributed by atoms with Gasteiger partial charge in [0.25, 0.3) is 0 Å². The van der Waals surface area contributed by atoms with E-state index < -0.39 is 6.61 Å². The molecule has 0 aromatic heterocycles. The highest BCUT2D eigenvalue weighted by Gasteiger charge is 2.13. The minimum Gasteiger partial charge on any atom is -0.491 e. The Balaban J connectivity index is 3.01. The van der Waals surface area contributed by atoms with Crippen molar-refractivity contribution in [3.8, 4) is 11.5 Å². The van der Waals surface area contributed by atoms with Gasteiger partial charge in [-0.1, -0.05) is 19.9 Å². The second-order valence-electron chi connectivity index (χ2n) is 4.40. The largest absolute Gasteiger partial charge is 0.491 e. The molecule has 0 atom stereocenters. The lowest BCUT2D eigenvalue weighted by Gasteiger charge is -2.16. The number of hydrogen-bond donors (Lipinski definition) is 0. The third-order valence-corrected chi connectivity index (χ3v) is 2.19. The zero-order valence-electron chi connectivity index (χ0n) is 10.5. The highest BCUT2D eigenvalue weighted by molar-refractivity contribution is 5.42. The molecule has 0 amide bonds. The van der Waals surface area contributed by atoms with Gasteiger partial charge < -0.3 is 9.47 Å². The fraction of sp³-hybridized carbons (Fsp3) is 0.538. The maximum Gasteiger partial charge on any atom is 0.387 e. The van der Waals surface area contributed by atoms with E-state index in [-0.39, 0.29) is 17.8 Å². The predicted molar refractivity (Wildman–Crippen MR) is 62.9 cm³/mol. The summed E-state index contributed by atoms with van der Waals surface area (Å²) in [6, 6.07) is 5.05. The standard InChI is InChI=1S/C13H18F2O2/c1-8(2)11-6-5-10(16-9(3)4)7-12(11)17-13(14)15/h5-9,13H,1-4H3. The molecule has 0 aliphatic heterocycles. The van der Waals surface area contributed by atoms with Gasteiger partial charge in [-0.2, -0.15) is 8.78 Å². The number of ether oxygens (including phenoxy) is 2. The van der Waals surface area contributed by atoms with Crippen LogP contribution in [0.5, 0.6) is 11.5 Å². The van der Waals surface area contributed by atoms with E-state index in [4.69, 9.17) is 4.74 Å². The van der Waals surface area contributed by atoms with Crippen molar-refractivity contribution < 1.29 is 18.3 Å². The molecule has 0 spiro atoms. The van der Waals surface area contributed by atoms with E-state index in [1.807, 2.05) is 27.7 Å². The minimum absolute atomic E-state index is 0.000648. The van der Waals surface area contributed by atoms with Crippen LogP contribution in [0.4, 0.5) is 8.78 Å². The lowest BCUT2D eigenvalue weighted by atomic mass is 10.0. The van der Waals surface area contributed by atoms with Gasteiger partial charge in [-0.3, -0.25) is 0 Å². The van der Waals surface area contributed by atoms with Crippen molar-refractivity contribution in [1.82, 2.24) is 0 Å². The van der Waals surface area contributed by atoms with Crippen LogP contribution in [0.3, 0.4) is 0 Å². The van der Waals surface area contributed by atoms with Gasteiger partial charge in [-0.25, -0.2) is 0 Å². The zero-order chi connectivity index (χ0) is 13.0. The van der Waals surface area contributed by atoms with Crippen LogP contribution in [0.1, 0.15) is 39.2 Å². The summed E-state index contributed by atoms with van der Waals surface area (Å²) in [7, 11) is 0. The first-order valence-corrected chi connectivity index (χ1v) is 5.65. The first-order valence-electron chi connectivity index (χ1n) is 5.65. The summed E-state index contributed by atoms with van der Waals surface area (Å²) >= 11 is 0. The Morgan fingerprint density at radius 2 is 1.65 bits per heavy atom. The van der Waals surface area contributed by atoms with Crippen molar-refractivity contribution in [3.63, 3.8) is 0 Å². The molecule has 0 aliphatic rings. The van der Waals surface area contributed by atoms with Gasteiger partial charge in [0, 0.05) is 6.07 Å². The minimum atomic E-state index is -2.82. The van der Waals surface area contributed by atoms with Crippen molar-refractivity contribution in [2.24, 2.45) is 0 Å². The number of alkyl halides is 2. The van der Waals surface area contributed by atoms with E-state index in [1.165, 1.54) is 6.07 Å². The normalized spacial score (nSPS) is 11.4. The first kappa shape index (κ1) is 13.7. The molecule has 0 saturated carbocycles. The first-order chi connectivity index (χ1) is 7.90. The van der Waals surface area contributed by atoms with E-state index in [2.05, 4.69) is 4.74 Å². The molecule has 1 rings (SSSR count). The molecular weight excluding hydrogens is 226 g/mol. The highest BCUT2D eigenvalue weighted by atomic mass is 19.3. The van der Waals surface area contributed by atoms with Crippen LogP contribution in [-0.2, 0) is 0 Å². The molecule has 0 saturated heterocycles. The monoisotopic (exact) mass is 244 g/mol. The Labute approximate surface area is 101 Å². The fourth-order valence-electron chi connectivity index (χ4n) is 1.54. The van der Waals surface area contributed by atoms with Gasteiger partial charge in [0.1, 0.15) is 11.5 Å². The molecular formula is C13H18F2O2. The maximum absolute atomic E-state index is 12.3. The smallest absolute Gasteiger partial charge is 0.387 e. The number of halogens is 2. The Bertz CT molecular complexity index is 362. The average molecular weight is 244 g/mol. The molecule has 4 heteroatoms. The second-order valence-corrected chi connectivity index (χ2v) is 4.40. The molecule has 0 unspecified atom stereocenters. The van der Waals surface area contributed by atoms with Crippen molar-refractivity contribution in [2.45, 2.75) is 46.3 Å². The molecule has 0 radical (unpaired) electrons.